The molecular formula is C25H20FNO4. The van der Waals surface area contributed by atoms with E-state index < -0.39 is 5.82 Å². The minimum absolute atomic E-state index is 0.112. The molecule has 0 fully saturated rings. The maximum absolute atomic E-state index is 14.0. The van der Waals surface area contributed by atoms with Crippen LogP contribution in [0.4, 0.5) is 4.39 Å². The first-order chi connectivity index (χ1) is 15.1. The van der Waals surface area contributed by atoms with Gasteiger partial charge < -0.3 is 14.2 Å². The molecule has 0 aromatic heterocycles. The first kappa shape index (κ1) is 19.3. The Balaban J connectivity index is 1.40. The number of Topliss-reactive ketones (excluding diaryl/α,β-unsaturated/α-hetero) is 1. The summed E-state index contributed by atoms with van der Waals surface area (Å²) in [5.74, 6) is 1.45. The number of ketones is 1. The summed E-state index contributed by atoms with van der Waals surface area (Å²) in [4.78, 5) is 15.0. The van der Waals surface area contributed by atoms with Gasteiger partial charge in [0.25, 0.3) is 0 Å². The van der Waals surface area contributed by atoms with Crippen molar-refractivity contribution in [2.75, 3.05) is 13.8 Å². The zero-order valence-corrected chi connectivity index (χ0v) is 16.9. The largest absolute Gasteiger partial charge is 0.497 e. The van der Waals surface area contributed by atoms with Crippen LogP contribution < -0.4 is 14.2 Å². The molecule has 0 saturated heterocycles. The van der Waals surface area contributed by atoms with Crippen molar-refractivity contribution in [2.24, 2.45) is 0 Å². The van der Waals surface area contributed by atoms with Gasteiger partial charge in [-0.1, -0.05) is 30.3 Å². The number of hydrogen-bond acceptors (Lipinski definition) is 5. The molecule has 0 spiro atoms. The number of benzene rings is 3. The SMILES string of the molecule is COc1ccc(CN2COc3ccc4c(c3C2)O/C(=C\c2ccccc2F)C4=O)cc1. The van der Waals surface area contributed by atoms with Crippen molar-refractivity contribution < 1.29 is 23.4 Å². The molecule has 6 heteroatoms. The van der Waals surface area contributed by atoms with Gasteiger partial charge in [0.05, 0.1) is 18.2 Å². The number of allylic oxidation sites excluding steroid dienone is 1. The number of rotatable bonds is 4. The van der Waals surface area contributed by atoms with Crippen molar-refractivity contribution in [3.05, 3.63) is 94.5 Å². The smallest absolute Gasteiger partial charge is 0.231 e. The monoisotopic (exact) mass is 417 g/mol. The Labute approximate surface area is 179 Å². The molecule has 2 aliphatic heterocycles. The lowest BCUT2D eigenvalue weighted by atomic mass is 10.0. The highest BCUT2D eigenvalue weighted by molar-refractivity contribution is 6.15. The van der Waals surface area contributed by atoms with E-state index in [1.807, 2.05) is 24.3 Å². The van der Waals surface area contributed by atoms with Crippen LogP contribution in [0.2, 0.25) is 0 Å². The third-order valence-corrected chi connectivity index (χ3v) is 5.44. The molecule has 156 valence electrons. The van der Waals surface area contributed by atoms with Gasteiger partial charge in [-0.15, -0.1) is 0 Å². The molecule has 0 N–H and O–H groups in total. The van der Waals surface area contributed by atoms with Crippen LogP contribution in [0.5, 0.6) is 17.2 Å². The molecule has 0 aliphatic carbocycles. The van der Waals surface area contributed by atoms with Gasteiger partial charge in [-0.25, -0.2) is 4.39 Å². The summed E-state index contributed by atoms with van der Waals surface area (Å²) < 4.78 is 31.1. The fourth-order valence-corrected chi connectivity index (χ4v) is 3.83. The molecule has 5 rings (SSSR count). The van der Waals surface area contributed by atoms with E-state index >= 15 is 0 Å². The Morgan fingerprint density at radius 3 is 2.68 bits per heavy atom. The van der Waals surface area contributed by atoms with E-state index in [0.29, 0.717) is 42.4 Å². The number of hydrogen-bond donors (Lipinski definition) is 0. The fraction of sp³-hybridized carbons (Fsp3) is 0.160. The standard InChI is InChI=1S/C25H20FNO4/c1-29-18-8-6-16(7-9-18)13-27-14-20-22(30-15-27)11-10-19-24(28)23(31-25(19)20)12-17-4-2-3-5-21(17)26/h2-12H,13-15H2,1H3/b23-12-. The number of carbonyl (C=O) groups excluding carboxylic acids is 1. The maximum atomic E-state index is 14.0. The van der Waals surface area contributed by atoms with Crippen molar-refractivity contribution >= 4 is 11.9 Å². The van der Waals surface area contributed by atoms with E-state index in [4.69, 9.17) is 14.2 Å². The summed E-state index contributed by atoms with van der Waals surface area (Å²) in [5.41, 5.74) is 2.72. The molecule has 0 radical (unpaired) electrons. The highest BCUT2D eigenvalue weighted by atomic mass is 19.1. The summed E-state index contributed by atoms with van der Waals surface area (Å²) >= 11 is 0. The fourth-order valence-electron chi connectivity index (χ4n) is 3.83. The second-order valence-corrected chi connectivity index (χ2v) is 7.49. The zero-order chi connectivity index (χ0) is 21.4. The van der Waals surface area contributed by atoms with Gasteiger partial charge in [0.2, 0.25) is 5.78 Å². The topological polar surface area (TPSA) is 48.0 Å². The van der Waals surface area contributed by atoms with Crippen molar-refractivity contribution in [1.82, 2.24) is 4.90 Å². The molecule has 0 saturated carbocycles. The van der Waals surface area contributed by atoms with Crippen LogP contribution in [-0.4, -0.2) is 24.5 Å². The predicted octanol–water partition coefficient (Wildman–Crippen LogP) is 4.80. The number of nitrogens with zero attached hydrogens (tertiary/aromatic N) is 1. The molecule has 2 heterocycles. The van der Waals surface area contributed by atoms with Gasteiger partial charge in [0.15, 0.2) is 5.76 Å². The minimum Gasteiger partial charge on any atom is -0.497 e. The Bertz CT molecular complexity index is 1190. The normalized spacial score (nSPS) is 16.5. The Hall–Kier alpha value is -3.64. The summed E-state index contributed by atoms with van der Waals surface area (Å²) in [6.45, 7) is 1.69. The van der Waals surface area contributed by atoms with Gasteiger partial charge >= 0.3 is 0 Å². The summed E-state index contributed by atoms with van der Waals surface area (Å²) in [6.07, 6.45) is 1.45. The Morgan fingerprint density at radius 1 is 1.10 bits per heavy atom. The molecule has 0 amide bonds. The third-order valence-electron chi connectivity index (χ3n) is 5.44. The van der Waals surface area contributed by atoms with Gasteiger partial charge in [-0.2, -0.15) is 0 Å². The van der Waals surface area contributed by atoms with E-state index in [9.17, 15) is 9.18 Å². The van der Waals surface area contributed by atoms with Crippen molar-refractivity contribution in [2.45, 2.75) is 13.1 Å². The Morgan fingerprint density at radius 2 is 1.90 bits per heavy atom. The third kappa shape index (κ3) is 3.66. The molecule has 0 atom stereocenters. The molecule has 31 heavy (non-hydrogen) atoms. The quantitative estimate of drug-likeness (QED) is 0.571. The van der Waals surface area contributed by atoms with E-state index in [1.165, 1.54) is 12.1 Å². The van der Waals surface area contributed by atoms with E-state index in [0.717, 1.165) is 16.9 Å². The average Bonchev–Trinajstić information content (AvgIpc) is 3.12. The van der Waals surface area contributed by atoms with Crippen LogP contribution in [0.1, 0.15) is 27.0 Å². The summed E-state index contributed by atoms with van der Waals surface area (Å²) in [7, 11) is 1.64. The minimum atomic E-state index is -0.404. The molecule has 5 nitrogen and oxygen atoms in total. The second kappa shape index (κ2) is 7.89. The number of fused-ring (bicyclic) bond motifs is 3. The van der Waals surface area contributed by atoms with E-state index in [-0.39, 0.29) is 11.5 Å². The van der Waals surface area contributed by atoms with Crippen molar-refractivity contribution in [1.29, 1.82) is 0 Å². The highest BCUT2D eigenvalue weighted by Gasteiger charge is 2.33. The molecule has 3 aromatic rings. The van der Waals surface area contributed by atoms with Crippen LogP contribution in [-0.2, 0) is 13.1 Å². The molecule has 0 unspecified atom stereocenters. The van der Waals surface area contributed by atoms with Gasteiger partial charge in [0.1, 0.15) is 29.8 Å². The van der Waals surface area contributed by atoms with Crippen LogP contribution in [0.25, 0.3) is 6.08 Å². The van der Waals surface area contributed by atoms with Crippen LogP contribution in [0.15, 0.2) is 66.4 Å². The van der Waals surface area contributed by atoms with Crippen molar-refractivity contribution in [3.63, 3.8) is 0 Å². The lowest BCUT2D eigenvalue weighted by Gasteiger charge is -2.29. The van der Waals surface area contributed by atoms with Crippen LogP contribution >= 0.6 is 0 Å². The van der Waals surface area contributed by atoms with E-state index in [2.05, 4.69) is 4.90 Å². The lowest BCUT2D eigenvalue weighted by molar-refractivity contribution is 0.0872. The van der Waals surface area contributed by atoms with Crippen LogP contribution in [0, 0.1) is 5.82 Å². The molecule has 2 aliphatic rings. The second-order valence-electron chi connectivity index (χ2n) is 7.49. The molecular weight excluding hydrogens is 397 g/mol. The lowest BCUT2D eigenvalue weighted by Crippen LogP contribution is -2.31. The first-order valence-corrected chi connectivity index (χ1v) is 9.95. The maximum Gasteiger partial charge on any atom is 0.231 e. The van der Waals surface area contributed by atoms with E-state index in [1.54, 1.807) is 37.4 Å². The predicted molar refractivity (Wildman–Crippen MR) is 114 cm³/mol. The number of methoxy groups -OCH3 is 1. The first-order valence-electron chi connectivity index (χ1n) is 9.95. The van der Waals surface area contributed by atoms with Gasteiger partial charge in [-0.05, 0) is 42.0 Å². The Kier molecular flexibility index (Phi) is 4.92. The average molecular weight is 417 g/mol. The molecule has 0 bridgehead atoms. The van der Waals surface area contributed by atoms with Crippen molar-refractivity contribution in [3.8, 4) is 17.2 Å². The summed E-state index contributed by atoms with van der Waals surface area (Å²) in [6, 6.07) is 17.7. The zero-order valence-electron chi connectivity index (χ0n) is 16.9. The summed E-state index contributed by atoms with van der Waals surface area (Å²) in [5, 5.41) is 0. The molecule has 3 aromatic carbocycles. The number of halogens is 1. The van der Waals surface area contributed by atoms with Gasteiger partial charge in [-0.3, -0.25) is 9.69 Å². The number of carbonyl (C=O) groups is 1. The number of ether oxygens (including phenoxy) is 3. The van der Waals surface area contributed by atoms with Gasteiger partial charge in [0, 0.05) is 18.7 Å². The van der Waals surface area contributed by atoms with Crippen LogP contribution in [0.3, 0.4) is 0 Å². The highest BCUT2D eigenvalue weighted by Crippen LogP contribution is 2.42.